The Kier molecular flexibility index (Phi) is 5.88. The number of hydrogen-bond acceptors (Lipinski definition) is 1. The molecular weight excluding hydrogens is 396 g/mol. The molecule has 2 rings (SSSR count). The Bertz CT molecular complexity index is 561. The first-order valence-corrected chi connectivity index (χ1v) is 9.72. The third kappa shape index (κ3) is 3.37. The highest BCUT2D eigenvalue weighted by atomic mass is 79.9. The van der Waals surface area contributed by atoms with Crippen LogP contribution in [0.1, 0.15) is 53.4 Å². The van der Waals surface area contributed by atoms with E-state index in [1.807, 2.05) is 0 Å². The van der Waals surface area contributed by atoms with E-state index in [-0.39, 0.29) is 0 Å². The van der Waals surface area contributed by atoms with E-state index in [1.165, 1.54) is 31.6 Å². The number of hydrogen-bond donors (Lipinski definition) is 0. The van der Waals surface area contributed by atoms with Gasteiger partial charge in [0.05, 0.1) is 8.61 Å². The van der Waals surface area contributed by atoms with Crippen molar-refractivity contribution in [2.75, 3.05) is 0 Å². The van der Waals surface area contributed by atoms with E-state index in [4.69, 9.17) is 0 Å². The summed E-state index contributed by atoms with van der Waals surface area (Å²) in [5.74, 6) is 0. The summed E-state index contributed by atoms with van der Waals surface area (Å²) < 4.78 is 1.19. The lowest BCUT2D eigenvalue weighted by atomic mass is 9.90. The zero-order valence-electron chi connectivity index (χ0n) is 12.2. The first kappa shape index (κ1) is 16.3. The topological polar surface area (TPSA) is 0 Å². The number of aryl methyl sites for hydroxylation is 3. The molecule has 0 saturated heterocycles. The van der Waals surface area contributed by atoms with Crippen LogP contribution in [0, 0.1) is 0 Å². The lowest BCUT2D eigenvalue weighted by Crippen LogP contribution is -2.04. The number of benzene rings is 1. The predicted molar refractivity (Wildman–Crippen MR) is 97.4 cm³/mol. The van der Waals surface area contributed by atoms with Gasteiger partial charge in [0.15, 0.2) is 0 Å². The molecule has 0 N–H and O–H groups in total. The number of thiophene rings is 1. The summed E-state index contributed by atoms with van der Waals surface area (Å²) in [5.41, 5.74) is 7.22. The molecule has 0 saturated carbocycles. The molecule has 1 atom stereocenters. The fraction of sp³-hybridized carbons (Fsp3) is 0.412. The Labute approximate surface area is 142 Å². The highest BCUT2D eigenvalue weighted by Gasteiger charge is 2.19. The van der Waals surface area contributed by atoms with Crippen LogP contribution in [-0.4, -0.2) is 0 Å². The zero-order valence-corrected chi connectivity index (χ0v) is 16.2. The Morgan fingerprint density at radius 2 is 1.60 bits per heavy atom. The van der Waals surface area contributed by atoms with E-state index in [1.54, 1.807) is 11.3 Å². The summed E-state index contributed by atoms with van der Waals surface area (Å²) in [6.45, 7) is 6.73. The Morgan fingerprint density at radius 1 is 1.00 bits per heavy atom. The van der Waals surface area contributed by atoms with Crippen molar-refractivity contribution in [2.24, 2.45) is 0 Å². The standard InChI is InChI=1S/C17H20Br2S/c1-4-11-7-12(5-2)16(13(6-3)8-11)17(19)14-9-15(18)20-10-14/h7-10,17H,4-6H2,1-3H3. The van der Waals surface area contributed by atoms with E-state index in [9.17, 15) is 0 Å². The van der Waals surface area contributed by atoms with Gasteiger partial charge >= 0.3 is 0 Å². The van der Waals surface area contributed by atoms with Gasteiger partial charge in [0.25, 0.3) is 0 Å². The van der Waals surface area contributed by atoms with Gasteiger partial charge in [-0.1, -0.05) is 48.8 Å². The molecule has 2 aromatic rings. The first-order chi connectivity index (χ1) is 9.60. The van der Waals surface area contributed by atoms with Crippen molar-refractivity contribution in [2.45, 2.75) is 44.9 Å². The first-order valence-electron chi connectivity index (χ1n) is 7.13. The lowest BCUT2D eigenvalue weighted by molar-refractivity contribution is 0.976. The minimum Gasteiger partial charge on any atom is -0.136 e. The van der Waals surface area contributed by atoms with E-state index in [0.29, 0.717) is 4.83 Å². The van der Waals surface area contributed by atoms with Crippen LogP contribution in [0.5, 0.6) is 0 Å². The second kappa shape index (κ2) is 7.24. The second-order valence-electron chi connectivity index (χ2n) is 4.94. The maximum Gasteiger partial charge on any atom is 0.0701 e. The van der Waals surface area contributed by atoms with Gasteiger partial charge in [-0.2, -0.15) is 0 Å². The monoisotopic (exact) mass is 414 g/mol. The number of halogens is 2. The zero-order chi connectivity index (χ0) is 14.7. The molecule has 108 valence electrons. The smallest absolute Gasteiger partial charge is 0.0701 e. The van der Waals surface area contributed by atoms with Crippen molar-refractivity contribution in [3.63, 3.8) is 0 Å². The molecular formula is C17H20Br2S. The van der Waals surface area contributed by atoms with Gasteiger partial charge < -0.3 is 0 Å². The highest BCUT2D eigenvalue weighted by Crippen LogP contribution is 2.39. The third-order valence-electron chi connectivity index (χ3n) is 3.72. The molecule has 1 heterocycles. The quantitative estimate of drug-likeness (QED) is 0.477. The Balaban J connectivity index is 2.53. The molecule has 3 heteroatoms. The minimum absolute atomic E-state index is 0.292. The molecule has 0 radical (unpaired) electrons. The van der Waals surface area contributed by atoms with Crippen LogP contribution in [0.2, 0.25) is 0 Å². The molecule has 0 bridgehead atoms. The van der Waals surface area contributed by atoms with Gasteiger partial charge in [-0.05, 0) is 74.5 Å². The van der Waals surface area contributed by atoms with Crippen molar-refractivity contribution >= 4 is 43.2 Å². The Hall–Kier alpha value is -0.120. The molecule has 1 aromatic heterocycles. The summed E-state index contributed by atoms with van der Waals surface area (Å²) in [4.78, 5) is 0.292. The fourth-order valence-corrected chi connectivity index (χ4v) is 4.82. The van der Waals surface area contributed by atoms with Crippen LogP contribution >= 0.6 is 43.2 Å². The van der Waals surface area contributed by atoms with E-state index < -0.39 is 0 Å². The van der Waals surface area contributed by atoms with E-state index in [2.05, 4.69) is 76.2 Å². The summed E-state index contributed by atoms with van der Waals surface area (Å²) in [6, 6.07) is 6.98. The fourth-order valence-electron chi connectivity index (χ4n) is 2.59. The van der Waals surface area contributed by atoms with Crippen molar-refractivity contribution < 1.29 is 0 Å². The summed E-state index contributed by atoms with van der Waals surface area (Å²) >= 11 is 9.24. The van der Waals surface area contributed by atoms with E-state index >= 15 is 0 Å². The maximum atomic E-state index is 3.92. The second-order valence-corrected chi connectivity index (χ2v) is 8.14. The summed E-state index contributed by atoms with van der Waals surface area (Å²) in [6.07, 6.45) is 3.28. The van der Waals surface area contributed by atoms with Gasteiger partial charge in [0.2, 0.25) is 0 Å². The SMILES string of the molecule is CCc1cc(CC)c(C(Br)c2csc(Br)c2)c(CC)c1. The van der Waals surface area contributed by atoms with Gasteiger partial charge in [-0.3, -0.25) is 0 Å². The molecule has 0 aliphatic heterocycles. The molecule has 1 unspecified atom stereocenters. The third-order valence-corrected chi connectivity index (χ3v) is 6.22. The molecule has 0 fully saturated rings. The summed E-state index contributed by atoms with van der Waals surface area (Å²) in [7, 11) is 0. The molecule has 0 nitrogen and oxygen atoms in total. The van der Waals surface area contributed by atoms with Crippen LogP contribution in [0.15, 0.2) is 27.4 Å². The van der Waals surface area contributed by atoms with Gasteiger partial charge in [0, 0.05) is 0 Å². The molecule has 0 aliphatic rings. The van der Waals surface area contributed by atoms with Crippen molar-refractivity contribution in [1.82, 2.24) is 0 Å². The maximum absolute atomic E-state index is 3.92. The average molecular weight is 416 g/mol. The van der Waals surface area contributed by atoms with Gasteiger partial charge in [-0.25, -0.2) is 0 Å². The average Bonchev–Trinajstić information content (AvgIpc) is 2.91. The van der Waals surface area contributed by atoms with Crippen LogP contribution in [-0.2, 0) is 19.3 Å². The highest BCUT2D eigenvalue weighted by molar-refractivity contribution is 9.11. The number of rotatable bonds is 5. The predicted octanol–water partition coefficient (Wildman–Crippen LogP) is 6.68. The largest absolute Gasteiger partial charge is 0.136 e. The van der Waals surface area contributed by atoms with Crippen molar-refractivity contribution in [3.05, 3.63) is 55.2 Å². The van der Waals surface area contributed by atoms with Crippen LogP contribution in [0.4, 0.5) is 0 Å². The normalized spacial score (nSPS) is 12.7. The molecule has 20 heavy (non-hydrogen) atoms. The Morgan fingerprint density at radius 3 is 2.00 bits per heavy atom. The minimum atomic E-state index is 0.292. The molecule has 0 aliphatic carbocycles. The van der Waals surface area contributed by atoms with Crippen LogP contribution in [0.25, 0.3) is 0 Å². The van der Waals surface area contributed by atoms with Gasteiger partial charge in [-0.15, -0.1) is 11.3 Å². The van der Waals surface area contributed by atoms with Gasteiger partial charge in [0.1, 0.15) is 0 Å². The van der Waals surface area contributed by atoms with Crippen LogP contribution < -0.4 is 0 Å². The molecule has 1 aromatic carbocycles. The van der Waals surface area contributed by atoms with Crippen LogP contribution in [0.3, 0.4) is 0 Å². The molecule has 0 amide bonds. The molecule has 0 spiro atoms. The van der Waals surface area contributed by atoms with Crippen molar-refractivity contribution in [3.8, 4) is 0 Å². The number of alkyl halides is 1. The lowest BCUT2D eigenvalue weighted by Gasteiger charge is -2.19. The van der Waals surface area contributed by atoms with Crippen molar-refractivity contribution in [1.29, 1.82) is 0 Å². The van der Waals surface area contributed by atoms with E-state index in [0.717, 1.165) is 19.3 Å². The summed E-state index contributed by atoms with van der Waals surface area (Å²) in [5, 5.41) is 2.23.